The van der Waals surface area contributed by atoms with E-state index in [0.29, 0.717) is 12.1 Å². The summed E-state index contributed by atoms with van der Waals surface area (Å²) in [6.07, 6.45) is 2.48. The van der Waals surface area contributed by atoms with E-state index >= 15 is 0 Å². The summed E-state index contributed by atoms with van der Waals surface area (Å²) in [7, 11) is 2.27. The van der Waals surface area contributed by atoms with Crippen molar-refractivity contribution in [1.29, 1.82) is 0 Å². The van der Waals surface area contributed by atoms with Crippen LogP contribution in [-0.2, 0) is 6.54 Å². The van der Waals surface area contributed by atoms with E-state index in [9.17, 15) is 0 Å². The summed E-state index contributed by atoms with van der Waals surface area (Å²) in [5.74, 6) is 0. The first-order chi connectivity index (χ1) is 9.79. The average molecular weight is 273 g/mol. The Labute approximate surface area is 123 Å². The van der Waals surface area contributed by atoms with Gasteiger partial charge in [-0.15, -0.1) is 0 Å². The lowest BCUT2D eigenvalue weighted by Crippen LogP contribution is -2.52. The van der Waals surface area contributed by atoms with E-state index in [1.54, 1.807) is 5.56 Å². The van der Waals surface area contributed by atoms with Crippen molar-refractivity contribution in [3.8, 4) is 0 Å². The zero-order valence-electron chi connectivity index (χ0n) is 12.8. The lowest BCUT2D eigenvalue weighted by atomic mass is 9.96. The zero-order valence-corrected chi connectivity index (χ0v) is 12.8. The Morgan fingerprint density at radius 1 is 1.25 bits per heavy atom. The highest BCUT2D eigenvalue weighted by molar-refractivity contribution is 5.31. The smallest absolute Gasteiger partial charge is 0.0364 e. The van der Waals surface area contributed by atoms with Crippen LogP contribution >= 0.6 is 0 Å². The van der Waals surface area contributed by atoms with Crippen molar-refractivity contribution in [1.82, 2.24) is 15.1 Å². The molecule has 0 saturated carbocycles. The number of nitrogens with zero attached hydrogens (tertiary/aromatic N) is 2. The SMILES string of the molecule is CCC1CN(C2CCNCc3ccccc32)CCN1C. The molecule has 1 aromatic carbocycles. The fourth-order valence-corrected chi connectivity index (χ4v) is 3.71. The normalized spacial score (nSPS) is 28.9. The van der Waals surface area contributed by atoms with Crippen LogP contribution < -0.4 is 5.32 Å². The number of piperazine rings is 1. The van der Waals surface area contributed by atoms with Crippen LogP contribution in [0.3, 0.4) is 0 Å². The molecule has 1 N–H and O–H groups in total. The van der Waals surface area contributed by atoms with Crippen molar-refractivity contribution in [3.63, 3.8) is 0 Å². The molecule has 2 unspecified atom stereocenters. The minimum Gasteiger partial charge on any atom is -0.313 e. The molecule has 0 radical (unpaired) electrons. The second-order valence-corrected chi connectivity index (χ2v) is 6.22. The third kappa shape index (κ3) is 2.76. The molecule has 2 aliphatic rings. The van der Waals surface area contributed by atoms with Crippen LogP contribution in [0.4, 0.5) is 0 Å². The first-order valence-corrected chi connectivity index (χ1v) is 8.02. The van der Waals surface area contributed by atoms with Crippen LogP contribution in [0.2, 0.25) is 0 Å². The van der Waals surface area contributed by atoms with E-state index in [1.807, 2.05) is 0 Å². The van der Waals surface area contributed by atoms with Crippen molar-refractivity contribution < 1.29 is 0 Å². The number of hydrogen-bond acceptors (Lipinski definition) is 3. The molecule has 1 aromatic rings. The van der Waals surface area contributed by atoms with E-state index in [4.69, 9.17) is 0 Å². The van der Waals surface area contributed by atoms with Crippen LogP contribution in [-0.4, -0.2) is 49.1 Å². The van der Waals surface area contributed by atoms with Crippen LogP contribution in [0.25, 0.3) is 0 Å². The van der Waals surface area contributed by atoms with Crippen molar-refractivity contribution in [2.24, 2.45) is 0 Å². The number of nitrogens with one attached hydrogen (secondary N) is 1. The number of fused-ring (bicyclic) bond motifs is 1. The van der Waals surface area contributed by atoms with Crippen LogP contribution in [0.1, 0.15) is 36.9 Å². The van der Waals surface area contributed by atoms with Gasteiger partial charge in [-0.1, -0.05) is 31.2 Å². The molecular weight excluding hydrogens is 246 g/mol. The fourth-order valence-electron chi connectivity index (χ4n) is 3.71. The molecule has 1 fully saturated rings. The third-order valence-corrected chi connectivity index (χ3v) is 5.04. The Hall–Kier alpha value is -0.900. The van der Waals surface area contributed by atoms with Crippen molar-refractivity contribution >= 4 is 0 Å². The minimum absolute atomic E-state index is 0.601. The number of hydrogen-bond donors (Lipinski definition) is 1. The average Bonchev–Trinajstić information content (AvgIpc) is 2.70. The van der Waals surface area contributed by atoms with Gasteiger partial charge in [0.15, 0.2) is 0 Å². The largest absolute Gasteiger partial charge is 0.313 e. The van der Waals surface area contributed by atoms with Crippen molar-refractivity contribution in [3.05, 3.63) is 35.4 Å². The van der Waals surface area contributed by atoms with Crippen molar-refractivity contribution in [2.45, 2.75) is 38.4 Å². The van der Waals surface area contributed by atoms with E-state index in [-0.39, 0.29) is 0 Å². The van der Waals surface area contributed by atoms with Crippen LogP contribution in [0.15, 0.2) is 24.3 Å². The summed E-state index contributed by atoms with van der Waals surface area (Å²) >= 11 is 0. The maximum atomic E-state index is 3.57. The lowest BCUT2D eigenvalue weighted by Gasteiger charge is -2.43. The predicted octanol–water partition coefficient (Wildman–Crippen LogP) is 2.25. The minimum atomic E-state index is 0.601. The Morgan fingerprint density at radius 3 is 2.95 bits per heavy atom. The summed E-state index contributed by atoms with van der Waals surface area (Å²) in [6, 6.07) is 10.3. The predicted molar refractivity (Wildman–Crippen MR) is 83.8 cm³/mol. The van der Waals surface area contributed by atoms with Gasteiger partial charge in [0.25, 0.3) is 0 Å². The van der Waals surface area contributed by atoms with Crippen LogP contribution in [0, 0.1) is 0 Å². The lowest BCUT2D eigenvalue weighted by molar-refractivity contribution is 0.0597. The van der Waals surface area contributed by atoms with Gasteiger partial charge in [-0.05, 0) is 37.6 Å². The topological polar surface area (TPSA) is 18.5 Å². The Kier molecular flexibility index (Phi) is 4.39. The molecule has 3 heteroatoms. The number of rotatable bonds is 2. The molecule has 1 saturated heterocycles. The summed E-state index contributed by atoms with van der Waals surface area (Å²) in [5.41, 5.74) is 3.04. The molecule has 3 rings (SSSR count). The monoisotopic (exact) mass is 273 g/mol. The van der Waals surface area contributed by atoms with E-state index in [0.717, 1.165) is 13.1 Å². The first kappa shape index (κ1) is 14.1. The molecule has 0 spiro atoms. The fraction of sp³-hybridized carbons (Fsp3) is 0.647. The second kappa shape index (κ2) is 6.25. The number of likely N-dealkylation sites (N-methyl/N-ethyl adjacent to an activating group) is 1. The summed E-state index contributed by atoms with van der Waals surface area (Å²) < 4.78 is 0. The maximum Gasteiger partial charge on any atom is 0.0364 e. The third-order valence-electron chi connectivity index (χ3n) is 5.04. The van der Waals surface area contributed by atoms with Crippen molar-refractivity contribution in [2.75, 3.05) is 33.2 Å². The van der Waals surface area contributed by atoms with E-state index in [2.05, 4.69) is 53.4 Å². The molecule has 20 heavy (non-hydrogen) atoms. The second-order valence-electron chi connectivity index (χ2n) is 6.22. The standard InChI is InChI=1S/C17H27N3/c1-3-15-13-20(11-10-19(15)2)17-8-9-18-12-14-6-4-5-7-16(14)17/h4-7,15,17-18H,3,8-13H2,1-2H3. The molecule has 3 nitrogen and oxygen atoms in total. The van der Waals surface area contributed by atoms with Gasteiger partial charge in [-0.3, -0.25) is 4.90 Å². The summed E-state index contributed by atoms with van der Waals surface area (Å²) in [5, 5.41) is 3.57. The van der Waals surface area contributed by atoms with E-state index < -0.39 is 0 Å². The van der Waals surface area contributed by atoms with Gasteiger partial charge in [0.2, 0.25) is 0 Å². The molecule has 0 aromatic heterocycles. The highest BCUT2D eigenvalue weighted by atomic mass is 15.3. The molecule has 110 valence electrons. The number of benzene rings is 1. The van der Waals surface area contributed by atoms with Gasteiger partial charge in [-0.25, -0.2) is 0 Å². The van der Waals surface area contributed by atoms with Gasteiger partial charge in [0.05, 0.1) is 0 Å². The molecule has 2 aliphatic heterocycles. The first-order valence-electron chi connectivity index (χ1n) is 8.02. The summed E-state index contributed by atoms with van der Waals surface area (Å²) in [6.45, 7) is 8.08. The van der Waals surface area contributed by atoms with Gasteiger partial charge in [0.1, 0.15) is 0 Å². The Balaban J connectivity index is 1.82. The highest BCUT2D eigenvalue weighted by Gasteiger charge is 2.30. The quantitative estimate of drug-likeness (QED) is 0.891. The molecule has 2 atom stereocenters. The van der Waals surface area contributed by atoms with Gasteiger partial charge >= 0.3 is 0 Å². The maximum absolute atomic E-state index is 3.57. The molecule has 0 amide bonds. The molecule has 2 heterocycles. The van der Waals surface area contributed by atoms with Gasteiger partial charge in [0, 0.05) is 38.3 Å². The molecule has 0 aliphatic carbocycles. The van der Waals surface area contributed by atoms with E-state index in [1.165, 1.54) is 38.0 Å². The zero-order chi connectivity index (χ0) is 13.9. The van der Waals surface area contributed by atoms with Gasteiger partial charge in [-0.2, -0.15) is 0 Å². The summed E-state index contributed by atoms with van der Waals surface area (Å²) in [4.78, 5) is 5.25. The Morgan fingerprint density at radius 2 is 2.10 bits per heavy atom. The van der Waals surface area contributed by atoms with Crippen LogP contribution in [0.5, 0.6) is 0 Å². The van der Waals surface area contributed by atoms with Gasteiger partial charge < -0.3 is 10.2 Å². The Bertz CT molecular complexity index is 446. The molecule has 0 bridgehead atoms. The molecular formula is C17H27N3. The highest BCUT2D eigenvalue weighted by Crippen LogP contribution is 2.31.